The summed E-state index contributed by atoms with van der Waals surface area (Å²) in [6.45, 7) is 1.58. The maximum atomic E-state index is 11.7. The van der Waals surface area contributed by atoms with Gasteiger partial charge < -0.3 is 10.6 Å². The normalized spacial score (nSPS) is 15.8. The van der Waals surface area contributed by atoms with Crippen molar-refractivity contribution in [2.24, 2.45) is 5.92 Å². The highest BCUT2D eigenvalue weighted by Crippen LogP contribution is 2.22. The first-order valence-corrected chi connectivity index (χ1v) is 7.90. The SMILES string of the molecule is O=C(NCCCc1ccccc1)NCC1CCCCC1. The fraction of sp³-hybridized carbons (Fsp3) is 0.588. The molecule has 3 nitrogen and oxygen atoms in total. The maximum absolute atomic E-state index is 11.7. The maximum Gasteiger partial charge on any atom is 0.314 e. The highest BCUT2D eigenvalue weighted by atomic mass is 16.2. The lowest BCUT2D eigenvalue weighted by atomic mass is 9.89. The highest BCUT2D eigenvalue weighted by molar-refractivity contribution is 5.73. The molecule has 20 heavy (non-hydrogen) atoms. The summed E-state index contributed by atoms with van der Waals surface area (Å²) in [5.41, 5.74) is 1.33. The van der Waals surface area contributed by atoms with Gasteiger partial charge in [-0.05, 0) is 37.2 Å². The second kappa shape index (κ2) is 8.62. The van der Waals surface area contributed by atoms with Crippen molar-refractivity contribution in [3.8, 4) is 0 Å². The van der Waals surface area contributed by atoms with Crippen LogP contribution in [0.4, 0.5) is 4.79 Å². The predicted octanol–water partition coefficient (Wildman–Crippen LogP) is 3.50. The fourth-order valence-electron chi connectivity index (χ4n) is 2.83. The molecule has 3 heteroatoms. The van der Waals surface area contributed by atoms with Crippen LogP contribution in [0.1, 0.15) is 44.1 Å². The van der Waals surface area contributed by atoms with E-state index in [1.807, 2.05) is 6.07 Å². The van der Waals surface area contributed by atoms with Crippen molar-refractivity contribution in [1.29, 1.82) is 0 Å². The molecule has 1 aliphatic carbocycles. The van der Waals surface area contributed by atoms with E-state index in [1.54, 1.807) is 0 Å². The number of hydrogen-bond acceptors (Lipinski definition) is 1. The predicted molar refractivity (Wildman–Crippen MR) is 82.7 cm³/mol. The Hall–Kier alpha value is -1.51. The fourth-order valence-corrected chi connectivity index (χ4v) is 2.83. The summed E-state index contributed by atoms with van der Waals surface area (Å²) < 4.78 is 0. The van der Waals surface area contributed by atoms with Crippen LogP contribution in [0.15, 0.2) is 30.3 Å². The molecular weight excluding hydrogens is 248 g/mol. The molecule has 1 aliphatic rings. The molecule has 1 saturated carbocycles. The Labute approximate surface area is 122 Å². The van der Waals surface area contributed by atoms with E-state index in [2.05, 4.69) is 34.9 Å². The van der Waals surface area contributed by atoms with Gasteiger partial charge in [-0.15, -0.1) is 0 Å². The van der Waals surface area contributed by atoms with Gasteiger partial charge in [-0.3, -0.25) is 0 Å². The summed E-state index contributed by atoms with van der Waals surface area (Å²) >= 11 is 0. The number of rotatable bonds is 6. The van der Waals surface area contributed by atoms with E-state index in [1.165, 1.54) is 37.7 Å². The molecular formula is C17H26N2O. The summed E-state index contributed by atoms with van der Waals surface area (Å²) in [5, 5.41) is 5.94. The Bertz CT molecular complexity index is 385. The average molecular weight is 274 g/mol. The van der Waals surface area contributed by atoms with Gasteiger partial charge in [0.25, 0.3) is 0 Å². The van der Waals surface area contributed by atoms with Crippen LogP contribution in [0.5, 0.6) is 0 Å². The number of carbonyl (C=O) groups excluding carboxylic acids is 1. The zero-order chi connectivity index (χ0) is 14.0. The standard InChI is InChI=1S/C17H26N2O/c20-17(19-14-16-10-5-2-6-11-16)18-13-7-12-15-8-3-1-4-9-15/h1,3-4,8-9,16H,2,5-7,10-14H2,(H2,18,19,20). The minimum absolute atomic E-state index is 0.0105. The molecule has 0 bridgehead atoms. The van der Waals surface area contributed by atoms with Crippen molar-refractivity contribution in [2.75, 3.05) is 13.1 Å². The molecule has 0 aliphatic heterocycles. The molecule has 110 valence electrons. The van der Waals surface area contributed by atoms with Gasteiger partial charge in [0.05, 0.1) is 0 Å². The van der Waals surface area contributed by atoms with Gasteiger partial charge >= 0.3 is 6.03 Å². The largest absolute Gasteiger partial charge is 0.338 e. The van der Waals surface area contributed by atoms with Gasteiger partial charge in [-0.2, -0.15) is 0 Å². The third kappa shape index (κ3) is 5.64. The van der Waals surface area contributed by atoms with E-state index in [-0.39, 0.29) is 6.03 Å². The smallest absolute Gasteiger partial charge is 0.314 e. The number of amides is 2. The molecule has 0 heterocycles. The Balaban J connectivity index is 1.51. The summed E-state index contributed by atoms with van der Waals surface area (Å²) in [4.78, 5) is 11.7. The molecule has 1 aromatic rings. The van der Waals surface area contributed by atoms with Gasteiger partial charge in [-0.1, -0.05) is 49.6 Å². The van der Waals surface area contributed by atoms with E-state index < -0.39 is 0 Å². The average Bonchev–Trinajstić information content (AvgIpc) is 2.52. The Morgan fingerprint density at radius 1 is 1.05 bits per heavy atom. The number of aryl methyl sites for hydroxylation is 1. The van der Waals surface area contributed by atoms with Crippen LogP contribution in [0, 0.1) is 5.92 Å². The quantitative estimate of drug-likeness (QED) is 0.766. The van der Waals surface area contributed by atoms with Crippen molar-refractivity contribution in [2.45, 2.75) is 44.9 Å². The lowest BCUT2D eigenvalue weighted by molar-refractivity contribution is 0.236. The van der Waals surface area contributed by atoms with Gasteiger partial charge in [0.15, 0.2) is 0 Å². The van der Waals surface area contributed by atoms with E-state index in [0.717, 1.165) is 25.9 Å². The number of hydrogen-bond donors (Lipinski definition) is 2. The zero-order valence-corrected chi connectivity index (χ0v) is 12.2. The molecule has 1 aromatic carbocycles. The molecule has 0 saturated heterocycles. The Morgan fingerprint density at radius 2 is 1.80 bits per heavy atom. The van der Waals surface area contributed by atoms with E-state index in [0.29, 0.717) is 5.92 Å². The van der Waals surface area contributed by atoms with Crippen LogP contribution in [0.3, 0.4) is 0 Å². The first-order chi connectivity index (χ1) is 9.84. The van der Waals surface area contributed by atoms with Crippen LogP contribution >= 0.6 is 0 Å². The third-order valence-corrected chi connectivity index (χ3v) is 4.05. The van der Waals surface area contributed by atoms with Gasteiger partial charge in [-0.25, -0.2) is 4.79 Å². The van der Waals surface area contributed by atoms with Crippen molar-refractivity contribution in [3.05, 3.63) is 35.9 Å². The second-order valence-electron chi connectivity index (χ2n) is 5.73. The van der Waals surface area contributed by atoms with E-state index >= 15 is 0 Å². The van der Waals surface area contributed by atoms with Crippen LogP contribution in [0.25, 0.3) is 0 Å². The van der Waals surface area contributed by atoms with Crippen LogP contribution < -0.4 is 10.6 Å². The molecule has 1 fully saturated rings. The van der Waals surface area contributed by atoms with Crippen molar-refractivity contribution in [3.63, 3.8) is 0 Å². The molecule has 0 atom stereocenters. The lowest BCUT2D eigenvalue weighted by Crippen LogP contribution is -2.39. The molecule has 0 radical (unpaired) electrons. The monoisotopic (exact) mass is 274 g/mol. The minimum Gasteiger partial charge on any atom is -0.338 e. The molecule has 0 spiro atoms. The van der Waals surface area contributed by atoms with E-state index in [4.69, 9.17) is 0 Å². The summed E-state index contributed by atoms with van der Waals surface area (Å²) in [6, 6.07) is 10.4. The van der Waals surface area contributed by atoms with Gasteiger partial charge in [0.2, 0.25) is 0 Å². The van der Waals surface area contributed by atoms with E-state index in [9.17, 15) is 4.79 Å². The second-order valence-corrected chi connectivity index (χ2v) is 5.73. The Morgan fingerprint density at radius 3 is 2.55 bits per heavy atom. The first-order valence-electron chi connectivity index (χ1n) is 7.90. The molecule has 2 amide bonds. The van der Waals surface area contributed by atoms with Crippen molar-refractivity contribution in [1.82, 2.24) is 10.6 Å². The van der Waals surface area contributed by atoms with Crippen LogP contribution in [-0.4, -0.2) is 19.1 Å². The summed E-state index contributed by atoms with van der Waals surface area (Å²) in [7, 11) is 0. The molecule has 0 unspecified atom stereocenters. The molecule has 0 aromatic heterocycles. The van der Waals surface area contributed by atoms with Crippen molar-refractivity contribution < 1.29 is 4.79 Å². The Kier molecular flexibility index (Phi) is 6.42. The highest BCUT2D eigenvalue weighted by Gasteiger charge is 2.13. The van der Waals surface area contributed by atoms with Gasteiger partial charge in [0, 0.05) is 13.1 Å². The topological polar surface area (TPSA) is 41.1 Å². The number of urea groups is 1. The minimum atomic E-state index is -0.0105. The van der Waals surface area contributed by atoms with Crippen molar-refractivity contribution >= 4 is 6.03 Å². The molecule has 2 N–H and O–H groups in total. The number of benzene rings is 1. The van der Waals surface area contributed by atoms with Crippen LogP contribution in [-0.2, 0) is 6.42 Å². The summed E-state index contributed by atoms with van der Waals surface area (Å²) in [6.07, 6.45) is 8.56. The third-order valence-electron chi connectivity index (χ3n) is 4.05. The van der Waals surface area contributed by atoms with Gasteiger partial charge in [0.1, 0.15) is 0 Å². The summed E-state index contributed by atoms with van der Waals surface area (Å²) in [5.74, 6) is 0.693. The van der Waals surface area contributed by atoms with Crippen LogP contribution in [0.2, 0.25) is 0 Å². The number of carbonyl (C=O) groups is 1. The number of nitrogens with one attached hydrogen (secondary N) is 2. The lowest BCUT2D eigenvalue weighted by Gasteiger charge is -2.21. The first kappa shape index (κ1) is 14.9. The zero-order valence-electron chi connectivity index (χ0n) is 12.2. The molecule has 2 rings (SSSR count).